The molecule has 264 valence electrons. The highest BCUT2D eigenvalue weighted by Gasteiger charge is 2.37. The van der Waals surface area contributed by atoms with E-state index >= 15 is 4.48 Å². The highest BCUT2D eigenvalue weighted by atomic mass is 19.2. The number of halogens is 1. The average Bonchev–Trinajstić information content (AvgIpc) is 3.98. The van der Waals surface area contributed by atoms with Gasteiger partial charge in [-0.15, -0.1) is 5.12 Å². The van der Waals surface area contributed by atoms with Crippen molar-refractivity contribution in [1.29, 1.82) is 0 Å². The molecule has 1 atom stereocenters. The molecule has 0 saturated heterocycles. The van der Waals surface area contributed by atoms with Crippen LogP contribution in [-0.4, -0.2) is 46.0 Å². The van der Waals surface area contributed by atoms with Crippen LogP contribution >= 0.6 is 0 Å². The number of nitrogens with zero attached hydrogens (tertiary/aromatic N) is 8. The van der Waals surface area contributed by atoms with Crippen LogP contribution in [0.15, 0.2) is 181 Å². The Morgan fingerprint density at radius 2 is 0.632 bits per heavy atom. The maximum Gasteiger partial charge on any atom is 0.175 e. The summed E-state index contributed by atoms with van der Waals surface area (Å²) in [6.07, 6.45) is -0.649. The molecule has 57 heavy (non-hydrogen) atoms. The zero-order valence-corrected chi connectivity index (χ0v) is 29.9. The number of fused-ring (bicyclic) bond motifs is 20. The third-order valence-corrected chi connectivity index (χ3v) is 11.5. The van der Waals surface area contributed by atoms with Crippen molar-refractivity contribution in [2.45, 2.75) is 6.17 Å². The second-order valence-electron chi connectivity index (χ2n) is 14.8. The number of hydrogen-bond acceptors (Lipinski definition) is 8. The zero-order valence-electron chi connectivity index (χ0n) is 29.9. The maximum atomic E-state index is 17.6. The monoisotopic (exact) mass is 732 g/mol. The molecule has 5 heterocycles. The minimum absolute atomic E-state index is 0.0852. The molecule has 8 aromatic carbocycles. The first-order valence-corrected chi connectivity index (χ1v) is 18.8. The van der Waals surface area contributed by atoms with E-state index in [2.05, 4.69) is 48.5 Å². The van der Waals surface area contributed by atoms with Crippen LogP contribution < -0.4 is 0 Å². The van der Waals surface area contributed by atoms with Crippen molar-refractivity contribution in [3.63, 3.8) is 0 Å². The Balaban J connectivity index is 1.12. The quantitative estimate of drug-likeness (QED) is 0.143. The predicted octanol–water partition coefficient (Wildman–Crippen LogP) is 9.88. The highest BCUT2D eigenvalue weighted by molar-refractivity contribution is 6.35. The molecule has 8 nitrogen and oxygen atoms in total. The van der Waals surface area contributed by atoms with E-state index in [-0.39, 0.29) is 11.7 Å². The van der Waals surface area contributed by atoms with Crippen molar-refractivity contribution in [1.82, 2.24) is 5.12 Å². The Bertz CT molecular complexity index is 3440. The van der Waals surface area contributed by atoms with Gasteiger partial charge in [0.2, 0.25) is 0 Å². The van der Waals surface area contributed by atoms with Gasteiger partial charge in [0.05, 0.1) is 0 Å². The number of amidine groups is 7. The number of aliphatic imine (C=N–C) groups is 7. The zero-order chi connectivity index (χ0) is 37.4. The standard InChI is InChI=1S/C48H25FN8/c49-57-47-39-23-31-15-7-5-13-29(31)21-37(39)45(55-47)53-43-35-19-27-11-3-1-9-25(27)17-33(35)41(51-43)50-42-34-18-26-10-2-4-12-28(26)20-36(34)44(52-42)54-46-38-22-30-14-6-8-16-32(30)24-40(38)48(57)56-46/h1-24,41H. The van der Waals surface area contributed by atoms with Gasteiger partial charge in [-0.2, -0.15) is 0 Å². The Morgan fingerprint density at radius 1 is 0.333 bits per heavy atom. The molecule has 0 radical (unpaired) electrons. The molecule has 0 aromatic heterocycles. The van der Waals surface area contributed by atoms with Gasteiger partial charge in [-0.3, -0.25) is 0 Å². The molecule has 0 fully saturated rings. The number of rotatable bonds is 0. The van der Waals surface area contributed by atoms with Crippen LogP contribution in [0.25, 0.3) is 43.1 Å². The second kappa shape index (κ2) is 11.1. The summed E-state index contributed by atoms with van der Waals surface area (Å²) in [6.45, 7) is 0. The fourth-order valence-corrected chi connectivity index (χ4v) is 8.67. The lowest BCUT2D eigenvalue weighted by molar-refractivity contribution is 0.227. The lowest BCUT2D eigenvalue weighted by atomic mass is 9.99. The fourth-order valence-electron chi connectivity index (χ4n) is 8.67. The third kappa shape index (κ3) is 4.45. The van der Waals surface area contributed by atoms with E-state index in [9.17, 15) is 0 Å². The van der Waals surface area contributed by atoms with Gasteiger partial charge in [-0.25, -0.2) is 34.9 Å². The molecule has 0 amide bonds. The summed E-state index contributed by atoms with van der Waals surface area (Å²) in [5.41, 5.74) is 6.01. The van der Waals surface area contributed by atoms with Gasteiger partial charge in [0.15, 0.2) is 47.0 Å². The van der Waals surface area contributed by atoms with Gasteiger partial charge in [-0.05, 0) is 91.6 Å². The van der Waals surface area contributed by atoms with Crippen LogP contribution in [0.1, 0.15) is 50.7 Å². The molecule has 5 aliphatic rings. The summed E-state index contributed by atoms with van der Waals surface area (Å²) in [5.74, 6) is 2.31. The van der Waals surface area contributed by atoms with Gasteiger partial charge >= 0.3 is 0 Å². The van der Waals surface area contributed by atoms with E-state index in [4.69, 9.17) is 34.9 Å². The molecule has 13 rings (SSSR count). The predicted molar refractivity (Wildman–Crippen MR) is 227 cm³/mol. The summed E-state index contributed by atoms with van der Waals surface area (Å²) in [6, 6.07) is 48.9. The third-order valence-electron chi connectivity index (χ3n) is 11.5. The van der Waals surface area contributed by atoms with Crippen LogP contribution in [0.2, 0.25) is 0 Å². The average molecular weight is 733 g/mol. The van der Waals surface area contributed by atoms with Crippen molar-refractivity contribution >= 4 is 83.9 Å². The molecule has 1 unspecified atom stereocenters. The topological polar surface area (TPSA) is 89.8 Å². The fraction of sp³-hybridized carbons (Fsp3) is 0.0208. The van der Waals surface area contributed by atoms with E-state index in [1.807, 2.05) is 97.1 Å². The lowest BCUT2D eigenvalue weighted by Gasteiger charge is -2.15. The van der Waals surface area contributed by atoms with Crippen molar-refractivity contribution < 1.29 is 4.48 Å². The maximum absolute atomic E-state index is 17.6. The number of benzene rings is 8. The van der Waals surface area contributed by atoms with Crippen molar-refractivity contribution in [2.24, 2.45) is 34.9 Å². The Kier molecular flexibility index (Phi) is 5.97. The molecular formula is C48H25FN8. The van der Waals surface area contributed by atoms with Gasteiger partial charge in [0, 0.05) is 44.5 Å². The first-order chi connectivity index (χ1) is 28.1. The molecule has 8 bridgehead atoms. The van der Waals surface area contributed by atoms with Gasteiger partial charge in [0.25, 0.3) is 0 Å². The van der Waals surface area contributed by atoms with E-state index < -0.39 is 6.17 Å². The first kappa shape index (κ1) is 30.5. The normalized spacial score (nSPS) is 17.4. The first-order valence-electron chi connectivity index (χ1n) is 18.8. The molecule has 9 heteroatoms. The summed E-state index contributed by atoms with van der Waals surface area (Å²) in [5, 5.41) is 8.69. The molecule has 0 aliphatic carbocycles. The van der Waals surface area contributed by atoms with Crippen LogP contribution in [0.3, 0.4) is 0 Å². The van der Waals surface area contributed by atoms with E-state index in [1.54, 1.807) is 0 Å². The molecular weight excluding hydrogens is 708 g/mol. The smallest absolute Gasteiger partial charge is 0.175 e. The highest BCUT2D eigenvalue weighted by Crippen LogP contribution is 2.39. The van der Waals surface area contributed by atoms with Crippen molar-refractivity contribution in [3.05, 3.63) is 190 Å². The summed E-state index contributed by atoms with van der Waals surface area (Å²) in [7, 11) is 0. The van der Waals surface area contributed by atoms with E-state index in [0.717, 1.165) is 65.3 Å². The Hall–Kier alpha value is -7.78. The molecule has 0 N–H and O–H groups in total. The van der Waals surface area contributed by atoms with E-state index in [1.165, 1.54) is 0 Å². The summed E-state index contributed by atoms with van der Waals surface area (Å²) < 4.78 is 17.6. The minimum Gasteiger partial charge on any atom is -0.234 e. The van der Waals surface area contributed by atoms with Gasteiger partial charge < -0.3 is 0 Å². The minimum atomic E-state index is -0.649. The largest absolute Gasteiger partial charge is 0.234 e. The SMILES string of the molecule is FN1C2=NC(=NC3=NC(=NC4N=C(N=C5N=C1c1cc6ccccc6cc15)c1cc5ccccc5cc14)c1cc4ccccc4cc13)c1cc3ccccc3cc12. The van der Waals surface area contributed by atoms with Gasteiger partial charge in [0.1, 0.15) is 0 Å². The van der Waals surface area contributed by atoms with Gasteiger partial charge in [-0.1, -0.05) is 102 Å². The van der Waals surface area contributed by atoms with E-state index in [0.29, 0.717) is 56.6 Å². The molecule has 8 aromatic rings. The van der Waals surface area contributed by atoms with Crippen LogP contribution in [-0.2, 0) is 0 Å². The Labute approximate surface area is 323 Å². The summed E-state index contributed by atoms with van der Waals surface area (Å²) >= 11 is 0. The molecule has 0 saturated carbocycles. The van der Waals surface area contributed by atoms with Crippen LogP contribution in [0.5, 0.6) is 0 Å². The van der Waals surface area contributed by atoms with Crippen LogP contribution in [0.4, 0.5) is 4.48 Å². The number of hydrogen-bond donors (Lipinski definition) is 0. The molecule has 0 spiro atoms. The van der Waals surface area contributed by atoms with Crippen LogP contribution in [0, 0.1) is 0 Å². The summed E-state index contributed by atoms with van der Waals surface area (Å²) in [4.78, 5) is 35.8. The molecule has 5 aliphatic heterocycles. The Morgan fingerprint density at radius 3 is 1.07 bits per heavy atom. The van der Waals surface area contributed by atoms with Crippen molar-refractivity contribution in [3.8, 4) is 0 Å². The lowest BCUT2D eigenvalue weighted by Crippen LogP contribution is -2.29. The second-order valence-corrected chi connectivity index (χ2v) is 14.8. The van der Waals surface area contributed by atoms with Crippen molar-refractivity contribution in [2.75, 3.05) is 0 Å².